The number of rotatable bonds is 3. The van der Waals surface area contributed by atoms with E-state index in [0.29, 0.717) is 12.4 Å². The van der Waals surface area contributed by atoms with E-state index >= 15 is 0 Å². The minimum absolute atomic E-state index is 0.190. The zero-order chi connectivity index (χ0) is 9.84. The van der Waals surface area contributed by atoms with Crippen molar-refractivity contribution in [3.05, 3.63) is 17.7 Å². The first-order valence-electron chi connectivity index (χ1n) is 3.92. The average Bonchev–Trinajstić information content (AvgIpc) is 2.46. The van der Waals surface area contributed by atoms with Gasteiger partial charge in [-0.15, -0.1) is 0 Å². The fourth-order valence-electron chi connectivity index (χ4n) is 1.07. The Bertz CT molecular complexity index is 306. The predicted molar refractivity (Wildman–Crippen MR) is 47.3 cm³/mol. The standard InChI is InChI=1S/C8H13N3O2/c1-9-8(12)7-10-6(5-13-3)4-11(7)2/h4H,5H2,1-3H3,(H,9,12). The van der Waals surface area contributed by atoms with Crippen LogP contribution in [0.15, 0.2) is 6.20 Å². The van der Waals surface area contributed by atoms with Gasteiger partial charge >= 0.3 is 0 Å². The first kappa shape index (κ1) is 9.73. The summed E-state index contributed by atoms with van der Waals surface area (Å²) in [6.07, 6.45) is 1.77. The molecule has 1 aromatic rings. The molecule has 5 nitrogen and oxygen atoms in total. The van der Waals surface area contributed by atoms with Crippen molar-refractivity contribution in [1.29, 1.82) is 0 Å². The smallest absolute Gasteiger partial charge is 0.287 e. The van der Waals surface area contributed by atoms with Crippen molar-refractivity contribution in [2.75, 3.05) is 14.2 Å². The highest BCUT2D eigenvalue weighted by atomic mass is 16.5. The number of carbonyl (C=O) groups is 1. The van der Waals surface area contributed by atoms with E-state index in [4.69, 9.17) is 4.74 Å². The first-order chi connectivity index (χ1) is 6.19. The molecule has 0 atom stereocenters. The molecule has 1 aromatic heterocycles. The predicted octanol–water partition coefficient (Wildman–Crippen LogP) is -0.0739. The number of hydrogen-bond donors (Lipinski definition) is 1. The van der Waals surface area contributed by atoms with Crippen LogP contribution in [0.5, 0.6) is 0 Å². The third-order valence-corrected chi connectivity index (χ3v) is 1.65. The Labute approximate surface area is 76.7 Å². The summed E-state index contributed by atoms with van der Waals surface area (Å²) in [5, 5.41) is 2.51. The molecule has 0 spiro atoms. The van der Waals surface area contributed by atoms with Gasteiger partial charge in [-0.2, -0.15) is 0 Å². The van der Waals surface area contributed by atoms with E-state index in [1.54, 1.807) is 32.0 Å². The van der Waals surface area contributed by atoms with Crippen molar-refractivity contribution in [3.8, 4) is 0 Å². The number of amides is 1. The number of nitrogens with zero attached hydrogens (tertiary/aromatic N) is 2. The highest BCUT2D eigenvalue weighted by molar-refractivity contribution is 5.90. The monoisotopic (exact) mass is 183 g/mol. The zero-order valence-corrected chi connectivity index (χ0v) is 8.00. The van der Waals surface area contributed by atoms with Crippen LogP contribution in [0.4, 0.5) is 0 Å². The summed E-state index contributed by atoms with van der Waals surface area (Å²) in [7, 11) is 4.94. The van der Waals surface area contributed by atoms with Gasteiger partial charge in [0, 0.05) is 27.4 Å². The summed E-state index contributed by atoms with van der Waals surface area (Å²) in [6, 6.07) is 0. The largest absolute Gasteiger partial charge is 0.378 e. The van der Waals surface area contributed by atoms with E-state index in [1.165, 1.54) is 0 Å². The van der Waals surface area contributed by atoms with Crippen LogP contribution in [0.2, 0.25) is 0 Å². The first-order valence-corrected chi connectivity index (χ1v) is 3.92. The zero-order valence-electron chi connectivity index (χ0n) is 8.00. The van der Waals surface area contributed by atoms with E-state index in [9.17, 15) is 4.79 Å². The van der Waals surface area contributed by atoms with Crippen LogP contribution >= 0.6 is 0 Å². The minimum atomic E-state index is -0.190. The summed E-state index contributed by atoms with van der Waals surface area (Å²) < 4.78 is 6.58. The van der Waals surface area contributed by atoms with Crippen molar-refractivity contribution in [2.24, 2.45) is 7.05 Å². The van der Waals surface area contributed by atoms with Gasteiger partial charge in [0.15, 0.2) is 5.82 Å². The SMILES string of the molecule is CNC(=O)c1nc(COC)cn1C. The fraction of sp³-hybridized carbons (Fsp3) is 0.500. The van der Waals surface area contributed by atoms with Gasteiger partial charge in [0.25, 0.3) is 5.91 Å². The van der Waals surface area contributed by atoms with E-state index in [1.807, 2.05) is 0 Å². The normalized spacial score (nSPS) is 10.1. The number of aryl methyl sites for hydroxylation is 1. The lowest BCUT2D eigenvalue weighted by molar-refractivity contribution is 0.0949. The highest BCUT2D eigenvalue weighted by Crippen LogP contribution is 2.02. The van der Waals surface area contributed by atoms with E-state index < -0.39 is 0 Å². The number of carbonyl (C=O) groups excluding carboxylic acids is 1. The van der Waals surface area contributed by atoms with Gasteiger partial charge in [-0.25, -0.2) is 4.98 Å². The molecule has 0 saturated carbocycles. The lowest BCUT2D eigenvalue weighted by atomic mass is 10.5. The molecule has 0 radical (unpaired) electrons. The summed E-state index contributed by atoms with van der Waals surface area (Å²) >= 11 is 0. The van der Waals surface area contributed by atoms with Crippen LogP contribution in [0.1, 0.15) is 16.3 Å². The summed E-state index contributed by atoms with van der Waals surface area (Å²) in [4.78, 5) is 15.3. The molecule has 1 N–H and O–H groups in total. The van der Waals surface area contributed by atoms with Crippen LogP contribution in [-0.2, 0) is 18.4 Å². The van der Waals surface area contributed by atoms with E-state index in [-0.39, 0.29) is 5.91 Å². The second kappa shape index (κ2) is 4.04. The third-order valence-electron chi connectivity index (χ3n) is 1.65. The molecule has 0 aromatic carbocycles. The van der Waals surface area contributed by atoms with Crippen LogP contribution in [0.25, 0.3) is 0 Å². The fourth-order valence-corrected chi connectivity index (χ4v) is 1.07. The molecule has 1 amide bonds. The molecule has 0 saturated heterocycles. The molecule has 0 fully saturated rings. The third kappa shape index (κ3) is 2.06. The lowest BCUT2D eigenvalue weighted by Crippen LogP contribution is -2.21. The Morgan fingerprint density at radius 1 is 1.77 bits per heavy atom. The summed E-state index contributed by atoms with van der Waals surface area (Å²) in [5.41, 5.74) is 0.753. The second-order valence-corrected chi connectivity index (χ2v) is 2.68. The maximum atomic E-state index is 11.2. The number of methoxy groups -OCH3 is 1. The molecule has 0 aliphatic carbocycles. The molecule has 0 bridgehead atoms. The van der Waals surface area contributed by atoms with Crippen LogP contribution < -0.4 is 5.32 Å². The van der Waals surface area contributed by atoms with Gasteiger partial charge in [-0.3, -0.25) is 4.79 Å². The number of imidazole rings is 1. The van der Waals surface area contributed by atoms with Crippen LogP contribution in [0.3, 0.4) is 0 Å². The molecule has 13 heavy (non-hydrogen) atoms. The van der Waals surface area contributed by atoms with Gasteiger partial charge in [-0.1, -0.05) is 0 Å². The lowest BCUT2D eigenvalue weighted by Gasteiger charge is -1.97. The Hall–Kier alpha value is -1.36. The molecular formula is C8H13N3O2. The number of ether oxygens (including phenoxy) is 1. The van der Waals surface area contributed by atoms with Crippen molar-refractivity contribution < 1.29 is 9.53 Å². The summed E-state index contributed by atoms with van der Waals surface area (Å²) in [5.74, 6) is 0.208. The van der Waals surface area contributed by atoms with E-state index in [0.717, 1.165) is 5.69 Å². The Morgan fingerprint density at radius 3 is 3.00 bits per heavy atom. The van der Waals surface area contributed by atoms with E-state index in [2.05, 4.69) is 10.3 Å². The average molecular weight is 183 g/mol. The van der Waals surface area contributed by atoms with Gasteiger partial charge < -0.3 is 14.6 Å². The molecule has 5 heteroatoms. The number of aromatic nitrogens is 2. The maximum absolute atomic E-state index is 11.2. The van der Waals surface area contributed by atoms with Crippen molar-refractivity contribution in [2.45, 2.75) is 6.61 Å². The molecule has 0 aliphatic heterocycles. The number of nitrogens with one attached hydrogen (secondary N) is 1. The van der Waals surface area contributed by atoms with Crippen LogP contribution in [-0.4, -0.2) is 29.6 Å². The maximum Gasteiger partial charge on any atom is 0.287 e. The summed E-state index contributed by atoms with van der Waals surface area (Å²) in [6.45, 7) is 0.421. The Balaban J connectivity index is 2.89. The molecular weight excluding hydrogens is 170 g/mol. The Kier molecular flexibility index (Phi) is 3.02. The highest BCUT2D eigenvalue weighted by Gasteiger charge is 2.11. The molecule has 1 rings (SSSR count). The molecule has 0 aliphatic rings. The Morgan fingerprint density at radius 2 is 2.46 bits per heavy atom. The number of hydrogen-bond acceptors (Lipinski definition) is 3. The van der Waals surface area contributed by atoms with Gasteiger partial charge in [0.1, 0.15) is 0 Å². The van der Waals surface area contributed by atoms with Crippen molar-refractivity contribution in [3.63, 3.8) is 0 Å². The molecule has 72 valence electrons. The topological polar surface area (TPSA) is 56.1 Å². The molecule has 1 heterocycles. The van der Waals surface area contributed by atoms with Gasteiger partial charge in [0.2, 0.25) is 0 Å². The van der Waals surface area contributed by atoms with Gasteiger partial charge in [-0.05, 0) is 0 Å². The van der Waals surface area contributed by atoms with Gasteiger partial charge in [0.05, 0.1) is 12.3 Å². The second-order valence-electron chi connectivity index (χ2n) is 2.68. The van der Waals surface area contributed by atoms with Crippen molar-refractivity contribution >= 4 is 5.91 Å². The van der Waals surface area contributed by atoms with Crippen LogP contribution in [0, 0.1) is 0 Å². The van der Waals surface area contributed by atoms with Crippen molar-refractivity contribution in [1.82, 2.24) is 14.9 Å². The molecule has 0 unspecified atom stereocenters. The quantitative estimate of drug-likeness (QED) is 0.713. The minimum Gasteiger partial charge on any atom is -0.378 e.